The standard InChI is InChI=1S/C18H19Cl2N5O/c19-14-8-7-13(11-15(14)20)26-10-4-9-25-16(12-5-2-1-3-6-12)23-17(21)24-18(25)22/h1-3,5-8,11,16H,4,9-10H2,(H4,21,22,23,24). The van der Waals surface area contributed by atoms with E-state index in [-0.39, 0.29) is 12.1 Å². The first-order valence-corrected chi connectivity index (χ1v) is 8.87. The first kappa shape index (κ1) is 18.4. The van der Waals surface area contributed by atoms with Crippen molar-refractivity contribution in [2.24, 2.45) is 21.5 Å². The van der Waals surface area contributed by atoms with Crippen molar-refractivity contribution in [2.75, 3.05) is 13.2 Å². The topological polar surface area (TPSA) is 89.2 Å². The van der Waals surface area contributed by atoms with Crippen LogP contribution in [0.5, 0.6) is 5.75 Å². The van der Waals surface area contributed by atoms with E-state index in [1.807, 2.05) is 35.2 Å². The molecule has 0 fully saturated rings. The molecule has 0 amide bonds. The Kier molecular flexibility index (Phi) is 5.85. The molecule has 3 rings (SSSR count). The van der Waals surface area contributed by atoms with Gasteiger partial charge in [-0.1, -0.05) is 53.5 Å². The normalized spacial score (nSPS) is 16.8. The highest BCUT2D eigenvalue weighted by atomic mass is 35.5. The monoisotopic (exact) mass is 391 g/mol. The number of nitrogens with zero attached hydrogens (tertiary/aromatic N) is 3. The van der Waals surface area contributed by atoms with E-state index < -0.39 is 0 Å². The highest BCUT2D eigenvalue weighted by molar-refractivity contribution is 6.42. The van der Waals surface area contributed by atoms with Gasteiger partial charge < -0.3 is 21.1 Å². The fourth-order valence-corrected chi connectivity index (χ4v) is 2.93. The van der Waals surface area contributed by atoms with Crippen LogP contribution in [-0.4, -0.2) is 30.0 Å². The number of hydrogen-bond donors (Lipinski definition) is 2. The first-order valence-electron chi connectivity index (χ1n) is 8.11. The summed E-state index contributed by atoms with van der Waals surface area (Å²) >= 11 is 11.9. The van der Waals surface area contributed by atoms with E-state index in [1.54, 1.807) is 18.2 Å². The quantitative estimate of drug-likeness (QED) is 0.738. The van der Waals surface area contributed by atoms with Gasteiger partial charge in [0.05, 0.1) is 16.7 Å². The molecule has 0 saturated carbocycles. The van der Waals surface area contributed by atoms with Crippen LogP contribution < -0.4 is 16.2 Å². The van der Waals surface area contributed by atoms with Crippen LogP contribution in [-0.2, 0) is 0 Å². The number of aliphatic imine (C=N–C) groups is 2. The zero-order valence-electron chi connectivity index (χ0n) is 14.0. The lowest BCUT2D eigenvalue weighted by molar-refractivity contribution is 0.258. The lowest BCUT2D eigenvalue weighted by Gasteiger charge is -2.32. The van der Waals surface area contributed by atoms with E-state index >= 15 is 0 Å². The molecule has 1 aliphatic heterocycles. The maximum atomic E-state index is 6.07. The second-order valence-electron chi connectivity index (χ2n) is 5.71. The van der Waals surface area contributed by atoms with Gasteiger partial charge in [0, 0.05) is 12.6 Å². The number of halogens is 2. The Morgan fingerprint density at radius 3 is 2.54 bits per heavy atom. The first-order chi connectivity index (χ1) is 12.5. The Labute approximate surface area is 162 Å². The molecule has 1 atom stereocenters. The Balaban J connectivity index is 1.61. The van der Waals surface area contributed by atoms with E-state index in [9.17, 15) is 0 Å². The third-order valence-corrected chi connectivity index (χ3v) is 4.61. The molecule has 0 aromatic heterocycles. The van der Waals surface area contributed by atoms with Crippen LogP contribution in [0.2, 0.25) is 10.0 Å². The molecule has 0 aliphatic carbocycles. The van der Waals surface area contributed by atoms with E-state index in [0.29, 0.717) is 34.9 Å². The maximum Gasteiger partial charge on any atom is 0.220 e. The van der Waals surface area contributed by atoms with Crippen LogP contribution in [0.3, 0.4) is 0 Å². The van der Waals surface area contributed by atoms with Gasteiger partial charge in [-0.3, -0.25) is 0 Å². The molecule has 136 valence electrons. The van der Waals surface area contributed by atoms with Crippen LogP contribution in [0.1, 0.15) is 18.2 Å². The van der Waals surface area contributed by atoms with Gasteiger partial charge in [-0.2, -0.15) is 4.99 Å². The molecule has 0 saturated heterocycles. The fraction of sp³-hybridized carbons (Fsp3) is 0.222. The molecule has 8 heteroatoms. The van der Waals surface area contributed by atoms with Crippen molar-refractivity contribution >= 4 is 35.1 Å². The molecule has 1 heterocycles. The number of rotatable bonds is 6. The molecular formula is C18H19Cl2N5O. The summed E-state index contributed by atoms with van der Waals surface area (Å²) in [6.45, 7) is 1.11. The van der Waals surface area contributed by atoms with Crippen molar-refractivity contribution in [3.8, 4) is 5.75 Å². The van der Waals surface area contributed by atoms with Gasteiger partial charge in [-0.05, 0) is 24.1 Å². The molecule has 1 unspecified atom stereocenters. The zero-order valence-corrected chi connectivity index (χ0v) is 15.5. The third-order valence-electron chi connectivity index (χ3n) is 3.87. The van der Waals surface area contributed by atoms with Crippen LogP contribution in [0.4, 0.5) is 0 Å². The molecular weight excluding hydrogens is 373 g/mol. The number of ether oxygens (including phenoxy) is 1. The summed E-state index contributed by atoms with van der Waals surface area (Å²) < 4.78 is 5.72. The van der Waals surface area contributed by atoms with E-state index in [1.165, 1.54) is 0 Å². The predicted molar refractivity (Wildman–Crippen MR) is 106 cm³/mol. The van der Waals surface area contributed by atoms with Crippen LogP contribution in [0, 0.1) is 0 Å². The number of hydrogen-bond acceptors (Lipinski definition) is 6. The van der Waals surface area contributed by atoms with Gasteiger partial charge in [0.25, 0.3) is 0 Å². The largest absolute Gasteiger partial charge is 0.493 e. The molecule has 2 aromatic rings. The minimum absolute atomic E-state index is 0.180. The average Bonchev–Trinajstić information content (AvgIpc) is 2.63. The third kappa shape index (κ3) is 4.39. The number of guanidine groups is 2. The van der Waals surface area contributed by atoms with Gasteiger partial charge in [0.2, 0.25) is 11.9 Å². The predicted octanol–water partition coefficient (Wildman–Crippen LogP) is 3.41. The van der Waals surface area contributed by atoms with E-state index in [2.05, 4.69) is 9.98 Å². The summed E-state index contributed by atoms with van der Waals surface area (Å²) in [6.07, 6.45) is 0.425. The van der Waals surface area contributed by atoms with Gasteiger partial charge in [-0.15, -0.1) is 0 Å². The Bertz CT molecular complexity index is 826. The molecule has 6 nitrogen and oxygen atoms in total. The summed E-state index contributed by atoms with van der Waals surface area (Å²) in [4.78, 5) is 10.4. The summed E-state index contributed by atoms with van der Waals surface area (Å²) in [6, 6.07) is 15.0. The number of benzene rings is 2. The average molecular weight is 392 g/mol. The molecule has 2 aromatic carbocycles. The zero-order chi connectivity index (χ0) is 18.5. The van der Waals surface area contributed by atoms with Crippen molar-refractivity contribution in [1.29, 1.82) is 0 Å². The minimum atomic E-state index is -0.293. The Hall–Kier alpha value is -2.44. The van der Waals surface area contributed by atoms with E-state index in [4.69, 9.17) is 39.4 Å². The summed E-state index contributed by atoms with van der Waals surface area (Å²) in [5, 5.41) is 0.961. The molecule has 1 aliphatic rings. The molecule has 4 N–H and O–H groups in total. The van der Waals surface area contributed by atoms with Crippen molar-refractivity contribution < 1.29 is 4.74 Å². The second kappa shape index (κ2) is 8.29. The Morgan fingerprint density at radius 2 is 1.81 bits per heavy atom. The molecule has 26 heavy (non-hydrogen) atoms. The fourth-order valence-electron chi connectivity index (χ4n) is 2.64. The van der Waals surface area contributed by atoms with Crippen molar-refractivity contribution in [3.63, 3.8) is 0 Å². The second-order valence-corrected chi connectivity index (χ2v) is 6.53. The molecule has 0 radical (unpaired) electrons. The van der Waals surface area contributed by atoms with Crippen molar-refractivity contribution in [2.45, 2.75) is 12.6 Å². The summed E-state index contributed by atoms with van der Waals surface area (Å²) in [7, 11) is 0. The maximum absolute atomic E-state index is 6.07. The van der Waals surface area contributed by atoms with Crippen LogP contribution in [0.25, 0.3) is 0 Å². The Morgan fingerprint density at radius 1 is 1.04 bits per heavy atom. The summed E-state index contributed by atoms with van der Waals surface area (Å²) in [5.41, 5.74) is 12.8. The van der Waals surface area contributed by atoms with Gasteiger partial charge >= 0.3 is 0 Å². The van der Waals surface area contributed by atoms with Crippen molar-refractivity contribution in [1.82, 2.24) is 4.90 Å². The molecule has 0 spiro atoms. The highest BCUT2D eigenvalue weighted by Crippen LogP contribution is 2.27. The van der Waals surface area contributed by atoms with Crippen LogP contribution in [0.15, 0.2) is 58.5 Å². The van der Waals surface area contributed by atoms with Gasteiger partial charge in [0.15, 0.2) is 6.17 Å². The smallest absolute Gasteiger partial charge is 0.220 e. The molecule has 0 bridgehead atoms. The highest BCUT2D eigenvalue weighted by Gasteiger charge is 2.25. The SMILES string of the molecule is NC1=NC(c2ccccc2)N(CCCOc2ccc(Cl)c(Cl)c2)C(N)=N1. The van der Waals surface area contributed by atoms with Gasteiger partial charge in [-0.25, -0.2) is 4.99 Å². The lowest BCUT2D eigenvalue weighted by atomic mass is 10.1. The number of nitrogens with two attached hydrogens (primary N) is 2. The van der Waals surface area contributed by atoms with Gasteiger partial charge in [0.1, 0.15) is 5.75 Å². The van der Waals surface area contributed by atoms with E-state index in [0.717, 1.165) is 12.0 Å². The minimum Gasteiger partial charge on any atom is -0.493 e. The summed E-state index contributed by atoms with van der Waals surface area (Å²) in [5.74, 6) is 1.20. The van der Waals surface area contributed by atoms with Crippen LogP contribution >= 0.6 is 23.2 Å². The van der Waals surface area contributed by atoms with Crippen molar-refractivity contribution in [3.05, 3.63) is 64.1 Å². The lowest BCUT2D eigenvalue weighted by Crippen LogP contribution is -2.44.